The van der Waals surface area contributed by atoms with Crippen molar-refractivity contribution in [3.63, 3.8) is 0 Å². The van der Waals surface area contributed by atoms with Gasteiger partial charge in [-0.05, 0) is 140 Å². The van der Waals surface area contributed by atoms with Crippen LogP contribution in [0.3, 0.4) is 0 Å². The third-order valence-corrected chi connectivity index (χ3v) is 17.9. The van der Waals surface area contributed by atoms with Crippen molar-refractivity contribution in [1.82, 2.24) is 0 Å². The lowest BCUT2D eigenvalue weighted by atomic mass is 10.1. The highest BCUT2D eigenvalue weighted by atomic mass is 16.4. The Morgan fingerprint density at radius 3 is 1.18 bits per heavy atom. The average molecular weight is 1620 g/mol. The van der Waals surface area contributed by atoms with E-state index in [1.807, 2.05) is 36.4 Å². The maximum absolute atomic E-state index is 12.2. The monoisotopic (exact) mass is 1620 g/mol. The van der Waals surface area contributed by atoms with Crippen molar-refractivity contribution in [1.29, 1.82) is 0 Å². The SMILES string of the molecule is O=c1c(O)c(-c2ccc(O)c(O)c2O)oc2ccccc12.O=c1c(O)c(-c2ccc(O)cc2O)oc2cc(O)cc(O)c12.O=c1c(O)c(-c2cccc(O)c2O)oc2ccc(O)cc12.O=c1cc(-c2ccc(O)cc2)oc2cccc(O)c12.O=c1cc(-c2ccc(O)cc2)oc2ccccc12.O=c1cc(-c2ccccc2)oc2cc(O)cc(O)c12. The topological polar surface area (TPSA) is 545 Å². The van der Waals surface area contributed by atoms with Crippen LogP contribution in [0.15, 0.2) is 310 Å². The number of phenols is 15. The molecular weight excluding hydrogens is 1560 g/mol. The van der Waals surface area contributed by atoms with E-state index in [-0.39, 0.29) is 146 Å². The van der Waals surface area contributed by atoms with Crippen molar-refractivity contribution in [2.45, 2.75) is 0 Å². The molecule has 30 heteroatoms. The van der Waals surface area contributed by atoms with Gasteiger partial charge in [0.05, 0.1) is 32.8 Å². The molecular formula is C90H60O30. The van der Waals surface area contributed by atoms with Crippen molar-refractivity contribution >= 4 is 65.8 Å². The summed E-state index contributed by atoms with van der Waals surface area (Å²) in [5.41, 5.74) is 0.248. The van der Waals surface area contributed by atoms with E-state index < -0.39 is 73.8 Å². The summed E-state index contributed by atoms with van der Waals surface area (Å²) < 4.78 is 33.0. The van der Waals surface area contributed by atoms with E-state index in [1.165, 1.54) is 109 Å². The van der Waals surface area contributed by atoms with Crippen LogP contribution < -0.4 is 32.6 Å². The predicted molar refractivity (Wildman–Crippen MR) is 437 cm³/mol. The lowest BCUT2D eigenvalue weighted by Crippen LogP contribution is -2.03. The second-order valence-corrected chi connectivity index (χ2v) is 25.9. The van der Waals surface area contributed by atoms with Gasteiger partial charge in [0.15, 0.2) is 56.6 Å². The molecule has 6 heterocycles. The Morgan fingerprint density at radius 1 is 0.192 bits per heavy atom. The molecule has 6 aromatic heterocycles. The van der Waals surface area contributed by atoms with Gasteiger partial charge in [0.25, 0.3) is 0 Å². The molecule has 0 fully saturated rings. The van der Waals surface area contributed by atoms with E-state index in [1.54, 1.807) is 78.9 Å². The third kappa shape index (κ3) is 16.7. The van der Waals surface area contributed by atoms with Crippen LogP contribution in [0.2, 0.25) is 0 Å². The summed E-state index contributed by atoms with van der Waals surface area (Å²) >= 11 is 0. The summed E-state index contributed by atoms with van der Waals surface area (Å²) in [7, 11) is 0. The highest BCUT2D eigenvalue weighted by molar-refractivity contribution is 5.91. The molecule has 0 spiro atoms. The number of phenolic OH excluding ortho intramolecular Hbond substituents is 15. The van der Waals surface area contributed by atoms with Crippen molar-refractivity contribution in [2.75, 3.05) is 0 Å². The number of fused-ring (bicyclic) bond motifs is 6. The van der Waals surface area contributed by atoms with Gasteiger partial charge in [0, 0.05) is 65.2 Å². The van der Waals surface area contributed by atoms with Gasteiger partial charge in [0.2, 0.25) is 39.3 Å². The summed E-state index contributed by atoms with van der Waals surface area (Å²) in [5, 5.41) is 173. The number of aromatic hydroxyl groups is 18. The van der Waals surface area contributed by atoms with E-state index in [2.05, 4.69) is 0 Å². The van der Waals surface area contributed by atoms with Crippen LogP contribution in [0.25, 0.3) is 134 Å². The quantitative estimate of drug-likeness (QED) is 0.0688. The van der Waals surface area contributed by atoms with Gasteiger partial charge >= 0.3 is 0 Å². The van der Waals surface area contributed by atoms with E-state index >= 15 is 0 Å². The number of benzene rings is 12. The van der Waals surface area contributed by atoms with Crippen LogP contribution in [0.5, 0.6) is 103 Å². The first-order chi connectivity index (χ1) is 57.4. The number of rotatable bonds is 6. The highest BCUT2D eigenvalue weighted by Gasteiger charge is 2.25. The molecule has 0 radical (unpaired) electrons. The van der Waals surface area contributed by atoms with Crippen molar-refractivity contribution in [3.05, 3.63) is 316 Å². The lowest BCUT2D eigenvalue weighted by Gasteiger charge is -2.09. The number of hydrogen-bond donors (Lipinski definition) is 18. The standard InChI is InChI=1S/C15H10O7.2C15H10O6.2C15H10O4.C15H10O3/c16-6-1-2-8(9(18)3-6)15-14(21)13(20)12-10(19)4-7(17)5-11(12)22-15;16-7-4-5-11-9(6-7)13(19)14(20)15(21-11)8-2-1-3-10(17)12(8)18;16-9-6-5-8(12(18)13(9)19)15-14(20)11(17)7-3-1-2-4-10(7)21-15;16-10-6-4-9(5-7-10)14-8-12(18)15-11(17)2-1-3-13(15)19-14;16-10-6-11(17)15-12(18)8-13(19-14(15)7-10)9-4-2-1-3-5-9;16-11-7-5-10(6-8-11)15-9-13(17)12-3-1-2-4-14(12)18-15/h1-5,16-19,21H;1-6,16-18,20H;1-6,16,18-20H;2*1-8,16-17H;1-9,16H. The van der Waals surface area contributed by atoms with Crippen LogP contribution in [0, 0.1) is 0 Å². The average Bonchev–Trinajstić information content (AvgIpc) is 0.787. The minimum absolute atomic E-state index is 0.0101. The van der Waals surface area contributed by atoms with Gasteiger partial charge in [0.1, 0.15) is 124 Å². The van der Waals surface area contributed by atoms with Gasteiger partial charge in [-0.3, -0.25) is 28.8 Å². The highest BCUT2D eigenvalue weighted by Crippen LogP contribution is 2.46. The normalized spacial score (nSPS) is 10.8. The van der Waals surface area contributed by atoms with Gasteiger partial charge in [-0.1, -0.05) is 66.7 Å². The molecule has 0 aliphatic carbocycles. The molecule has 0 saturated heterocycles. The summed E-state index contributed by atoms with van der Waals surface area (Å²) in [6.07, 6.45) is 0. The first-order valence-electron chi connectivity index (χ1n) is 35.1. The lowest BCUT2D eigenvalue weighted by molar-refractivity contribution is 0.367. The van der Waals surface area contributed by atoms with E-state index in [9.17, 15) is 121 Å². The van der Waals surface area contributed by atoms with Gasteiger partial charge in [-0.15, -0.1) is 0 Å². The Bertz CT molecular complexity index is 7410. The zero-order chi connectivity index (χ0) is 85.7. The summed E-state index contributed by atoms with van der Waals surface area (Å²) in [4.78, 5) is 72.3. The predicted octanol–water partition coefficient (Wildman–Crippen LogP) is 15.5. The molecule has 0 aliphatic rings. The number of hydrogen-bond acceptors (Lipinski definition) is 30. The second-order valence-electron chi connectivity index (χ2n) is 25.9. The molecule has 0 atom stereocenters. The summed E-state index contributed by atoms with van der Waals surface area (Å²) in [6, 6.07) is 62.5. The third-order valence-electron chi connectivity index (χ3n) is 17.9. The summed E-state index contributed by atoms with van der Waals surface area (Å²) in [6.45, 7) is 0. The van der Waals surface area contributed by atoms with E-state index in [0.717, 1.165) is 41.5 Å². The fraction of sp³-hybridized carbons (Fsp3) is 0. The minimum Gasteiger partial charge on any atom is -0.508 e. The van der Waals surface area contributed by atoms with Crippen LogP contribution in [-0.4, -0.2) is 91.9 Å². The van der Waals surface area contributed by atoms with Crippen molar-refractivity contribution in [3.8, 4) is 171 Å². The van der Waals surface area contributed by atoms with Gasteiger partial charge in [-0.25, -0.2) is 0 Å². The molecule has 12 aromatic carbocycles. The van der Waals surface area contributed by atoms with Gasteiger partial charge in [-0.2, -0.15) is 0 Å². The Morgan fingerprint density at radius 2 is 0.583 bits per heavy atom. The maximum Gasteiger partial charge on any atom is 0.238 e. The molecule has 0 amide bonds. The zero-order valence-corrected chi connectivity index (χ0v) is 61.2. The fourth-order valence-electron chi connectivity index (χ4n) is 12.1. The molecule has 30 nitrogen and oxygen atoms in total. The Hall–Kier alpha value is -17.7. The fourth-order valence-corrected chi connectivity index (χ4v) is 12.1. The zero-order valence-electron chi connectivity index (χ0n) is 61.2. The molecule has 120 heavy (non-hydrogen) atoms. The molecule has 0 saturated carbocycles. The molecule has 18 N–H and O–H groups in total. The maximum atomic E-state index is 12.2. The molecule has 18 aromatic rings. The van der Waals surface area contributed by atoms with Crippen molar-refractivity contribution in [2.24, 2.45) is 0 Å². The smallest absolute Gasteiger partial charge is 0.238 e. The first kappa shape index (κ1) is 80.4. The molecule has 0 unspecified atom stereocenters. The number of para-hydroxylation sites is 3. The van der Waals surface area contributed by atoms with Crippen molar-refractivity contribution < 1.29 is 118 Å². The molecule has 0 aliphatic heterocycles. The van der Waals surface area contributed by atoms with E-state index in [4.69, 9.17) is 26.5 Å². The largest absolute Gasteiger partial charge is 0.508 e. The van der Waals surface area contributed by atoms with Crippen LogP contribution in [0.1, 0.15) is 0 Å². The molecule has 18 rings (SSSR count). The first-order valence-corrected chi connectivity index (χ1v) is 35.1. The minimum atomic E-state index is -0.916. The molecule has 600 valence electrons. The van der Waals surface area contributed by atoms with Crippen LogP contribution in [-0.2, 0) is 0 Å². The molecule has 0 bridgehead atoms. The Kier molecular flexibility index (Phi) is 22.5. The van der Waals surface area contributed by atoms with E-state index in [0.29, 0.717) is 39.4 Å². The van der Waals surface area contributed by atoms with Crippen LogP contribution in [0.4, 0.5) is 0 Å². The Labute approximate surface area is 668 Å². The Balaban J connectivity index is 0.000000125. The van der Waals surface area contributed by atoms with Gasteiger partial charge < -0.3 is 118 Å². The second kappa shape index (κ2) is 33.5. The summed E-state index contributed by atoms with van der Waals surface area (Å²) in [5.74, 6) is -6.55. The van der Waals surface area contributed by atoms with Crippen LogP contribution >= 0.6 is 0 Å².